The zero-order valence-corrected chi connectivity index (χ0v) is 20.0. The standard InChI is InChI=1S/C26H33N5O2/c1-18(2)25-27-22-11-10-20(16-23(22)28-25)26(33)30-15-14-29(4)12-7-13-31(19(3)32)24-9-6-5-8-21(24)17-30/h5-6,8-11,16,18H,7,12-15,17H2,1-4H3,(H,27,28). The first-order valence-electron chi connectivity index (χ1n) is 11.7. The van der Waals surface area contributed by atoms with E-state index in [1.54, 1.807) is 6.92 Å². The third kappa shape index (κ3) is 5.09. The Bertz CT molecular complexity index is 1150. The molecule has 1 aliphatic heterocycles. The molecule has 0 aliphatic carbocycles. The summed E-state index contributed by atoms with van der Waals surface area (Å²) in [6.07, 6.45) is 0.882. The van der Waals surface area contributed by atoms with E-state index in [9.17, 15) is 9.59 Å². The number of imidazole rings is 1. The molecule has 3 aromatic rings. The van der Waals surface area contributed by atoms with Crippen molar-refractivity contribution in [2.24, 2.45) is 0 Å². The molecule has 2 aromatic carbocycles. The van der Waals surface area contributed by atoms with Gasteiger partial charge in [-0.25, -0.2) is 4.98 Å². The fourth-order valence-corrected chi connectivity index (χ4v) is 4.33. The number of hydrogen-bond acceptors (Lipinski definition) is 4. The third-order valence-corrected chi connectivity index (χ3v) is 6.28. The van der Waals surface area contributed by atoms with Gasteiger partial charge in [0.1, 0.15) is 5.82 Å². The van der Waals surface area contributed by atoms with Gasteiger partial charge >= 0.3 is 0 Å². The number of fused-ring (bicyclic) bond motifs is 2. The Morgan fingerprint density at radius 3 is 2.58 bits per heavy atom. The summed E-state index contributed by atoms with van der Waals surface area (Å²) >= 11 is 0. The van der Waals surface area contributed by atoms with Crippen molar-refractivity contribution in [3.05, 3.63) is 59.4 Å². The summed E-state index contributed by atoms with van der Waals surface area (Å²) in [5.74, 6) is 1.21. The maximum Gasteiger partial charge on any atom is 0.254 e. The highest BCUT2D eigenvalue weighted by Crippen LogP contribution is 2.25. The molecule has 1 aromatic heterocycles. The van der Waals surface area contributed by atoms with Gasteiger partial charge in [-0.2, -0.15) is 0 Å². The number of H-pyrrole nitrogens is 1. The van der Waals surface area contributed by atoms with Gasteiger partial charge in [0, 0.05) is 50.3 Å². The maximum atomic E-state index is 13.7. The van der Waals surface area contributed by atoms with Crippen molar-refractivity contribution >= 4 is 28.5 Å². The molecule has 0 saturated heterocycles. The van der Waals surface area contributed by atoms with Crippen LogP contribution in [0.4, 0.5) is 5.69 Å². The minimum atomic E-state index is -0.0191. The summed E-state index contributed by atoms with van der Waals surface area (Å²) in [5, 5.41) is 0. The van der Waals surface area contributed by atoms with E-state index < -0.39 is 0 Å². The van der Waals surface area contributed by atoms with Gasteiger partial charge in [-0.05, 0) is 49.8 Å². The predicted molar refractivity (Wildman–Crippen MR) is 132 cm³/mol. The summed E-state index contributed by atoms with van der Waals surface area (Å²) in [6.45, 7) is 9.16. The van der Waals surface area contributed by atoms with Crippen molar-refractivity contribution in [1.82, 2.24) is 19.8 Å². The normalized spacial score (nSPS) is 16.0. The van der Waals surface area contributed by atoms with Crippen LogP contribution in [0.25, 0.3) is 11.0 Å². The molecule has 33 heavy (non-hydrogen) atoms. The minimum absolute atomic E-state index is 0.0191. The summed E-state index contributed by atoms with van der Waals surface area (Å²) < 4.78 is 0. The molecule has 4 rings (SSSR count). The highest BCUT2D eigenvalue weighted by atomic mass is 16.2. The number of likely N-dealkylation sites (N-methyl/N-ethyl adjacent to an activating group) is 1. The van der Waals surface area contributed by atoms with E-state index in [2.05, 4.69) is 35.8 Å². The number of hydrogen-bond donors (Lipinski definition) is 1. The highest BCUT2D eigenvalue weighted by molar-refractivity contribution is 5.97. The summed E-state index contributed by atoms with van der Waals surface area (Å²) in [6, 6.07) is 13.6. The number of rotatable bonds is 2. The van der Waals surface area contributed by atoms with Crippen LogP contribution in [-0.2, 0) is 11.3 Å². The van der Waals surface area contributed by atoms with Gasteiger partial charge in [-0.1, -0.05) is 32.0 Å². The molecule has 2 amide bonds. The number of aromatic nitrogens is 2. The molecule has 174 valence electrons. The van der Waals surface area contributed by atoms with Gasteiger partial charge < -0.3 is 19.7 Å². The van der Waals surface area contributed by atoms with Crippen LogP contribution in [0.15, 0.2) is 42.5 Å². The second-order valence-electron chi connectivity index (χ2n) is 9.19. The second-order valence-corrected chi connectivity index (χ2v) is 9.19. The third-order valence-electron chi connectivity index (χ3n) is 6.28. The predicted octanol–water partition coefficient (Wildman–Crippen LogP) is 4.02. The first-order valence-corrected chi connectivity index (χ1v) is 11.7. The molecular weight excluding hydrogens is 414 g/mol. The first-order chi connectivity index (χ1) is 15.8. The number of carbonyl (C=O) groups is 2. The fourth-order valence-electron chi connectivity index (χ4n) is 4.33. The van der Waals surface area contributed by atoms with Crippen molar-refractivity contribution in [3.63, 3.8) is 0 Å². The van der Waals surface area contributed by atoms with E-state index in [4.69, 9.17) is 0 Å². The Morgan fingerprint density at radius 2 is 1.82 bits per heavy atom. The number of benzene rings is 2. The quantitative estimate of drug-likeness (QED) is 0.644. The number of amides is 2. The Hall–Kier alpha value is -3.19. The van der Waals surface area contributed by atoms with E-state index in [1.165, 1.54) is 0 Å². The van der Waals surface area contributed by atoms with E-state index in [1.807, 2.05) is 52.3 Å². The molecule has 7 nitrogen and oxygen atoms in total. The van der Waals surface area contributed by atoms with Crippen molar-refractivity contribution < 1.29 is 9.59 Å². The molecule has 0 spiro atoms. The number of nitrogens with one attached hydrogen (secondary N) is 1. The van der Waals surface area contributed by atoms with Gasteiger partial charge in [0.05, 0.1) is 11.0 Å². The maximum absolute atomic E-state index is 13.7. The molecule has 1 N–H and O–H groups in total. The van der Waals surface area contributed by atoms with Crippen LogP contribution in [0, 0.1) is 0 Å². The number of para-hydroxylation sites is 1. The van der Waals surface area contributed by atoms with Crippen LogP contribution in [0.1, 0.15) is 54.9 Å². The van der Waals surface area contributed by atoms with Crippen LogP contribution in [0.2, 0.25) is 0 Å². The lowest BCUT2D eigenvalue weighted by Crippen LogP contribution is -2.37. The number of nitrogens with zero attached hydrogens (tertiary/aromatic N) is 4. The molecule has 0 atom stereocenters. The topological polar surface area (TPSA) is 72.5 Å². The van der Waals surface area contributed by atoms with Crippen molar-refractivity contribution in [2.45, 2.75) is 39.7 Å². The lowest BCUT2D eigenvalue weighted by Gasteiger charge is -2.27. The number of aromatic amines is 1. The molecule has 0 saturated carbocycles. The van der Waals surface area contributed by atoms with Gasteiger partial charge in [0.25, 0.3) is 5.91 Å². The van der Waals surface area contributed by atoms with Crippen molar-refractivity contribution in [2.75, 3.05) is 38.1 Å². The summed E-state index contributed by atoms with van der Waals surface area (Å²) in [4.78, 5) is 40.0. The van der Waals surface area contributed by atoms with Gasteiger partial charge in [-0.15, -0.1) is 0 Å². The Kier molecular flexibility index (Phi) is 6.79. The van der Waals surface area contributed by atoms with E-state index >= 15 is 0 Å². The van der Waals surface area contributed by atoms with Crippen LogP contribution >= 0.6 is 0 Å². The first kappa shape index (κ1) is 23.0. The van der Waals surface area contributed by atoms with Gasteiger partial charge in [-0.3, -0.25) is 9.59 Å². The van der Waals surface area contributed by atoms with Crippen LogP contribution in [0.5, 0.6) is 0 Å². The van der Waals surface area contributed by atoms with Crippen LogP contribution in [-0.4, -0.2) is 64.8 Å². The molecule has 7 heteroatoms. The summed E-state index contributed by atoms with van der Waals surface area (Å²) in [5.41, 5.74) is 4.26. The SMILES string of the molecule is CC(=O)N1CCCN(C)CCN(C(=O)c2ccc3nc(C(C)C)[nH]c3c2)Cc2ccccc21. The fraction of sp³-hybridized carbons (Fsp3) is 0.423. The smallest absolute Gasteiger partial charge is 0.254 e. The Balaban J connectivity index is 1.68. The molecule has 1 aliphatic rings. The second kappa shape index (κ2) is 9.75. The molecular formula is C26H33N5O2. The number of carbonyl (C=O) groups excluding carboxylic acids is 2. The zero-order chi connectivity index (χ0) is 23.5. The molecule has 2 heterocycles. The van der Waals surface area contributed by atoms with E-state index in [-0.39, 0.29) is 11.8 Å². The highest BCUT2D eigenvalue weighted by Gasteiger charge is 2.22. The van der Waals surface area contributed by atoms with Crippen LogP contribution in [0.3, 0.4) is 0 Å². The van der Waals surface area contributed by atoms with Gasteiger partial charge in [0.2, 0.25) is 5.91 Å². The minimum Gasteiger partial charge on any atom is -0.342 e. The van der Waals surface area contributed by atoms with Crippen LogP contribution < -0.4 is 4.90 Å². The van der Waals surface area contributed by atoms with E-state index in [0.29, 0.717) is 31.1 Å². The van der Waals surface area contributed by atoms with E-state index in [0.717, 1.165) is 47.6 Å². The zero-order valence-electron chi connectivity index (χ0n) is 20.0. The lowest BCUT2D eigenvalue weighted by molar-refractivity contribution is -0.116. The average Bonchev–Trinajstić information content (AvgIpc) is 3.22. The summed E-state index contributed by atoms with van der Waals surface area (Å²) in [7, 11) is 2.07. The van der Waals surface area contributed by atoms with Crippen molar-refractivity contribution in [1.29, 1.82) is 0 Å². The average molecular weight is 448 g/mol. The largest absolute Gasteiger partial charge is 0.342 e. The molecule has 0 fully saturated rings. The monoisotopic (exact) mass is 447 g/mol. The molecule has 0 radical (unpaired) electrons. The molecule has 0 unspecified atom stereocenters. The van der Waals surface area contributed by atoms with Gasteiger partial charge in [0.15, 0.2) is 0 Å². The lowest BCUT2D eigenvalue weighted by atomic mass is 10.1. The van der Waals surface area contributed by atoms with Crippen molar-refractivity contribution in [3.8, 4) is 0 Å². The molecule has 0 bridgehead atoms. The number of anilines is 1. The Labute approximate surface area is 195 Å². The Morgan fingerprint density at radius 1 is 1.03 bits per heavy atom.